The summed E-state index contributed by atoms with van der Waals surface area (Å²) in [6.07, 6.45) is 0. The number of amides is 2. The van der Waals surface area contributed by atoms with Crippen molar-refractivity contribution in [3.63, 3.8) is 0 Å². The molecule has 0 bridgehead atoms. The van der Waals surface area contributed by atoms with E-state index in [1.165, 1.54) is 18.2 Å². The molecule has 1 aliphatic heterocycles. The van der Waals surface area contributed by atoms with Gasteiger partial charge in [-0.3, -0.25) is 9.59 Å². The fraction of sp³-hybridized carbons (Fsp3) is 0.100. The van der Waals surface area contributed by atoms with Crippen LogP contribution in [0.4, 0.5) is 5.69 Å². The number of anilines is 1. The summed E-state index contributed by atoms with van der Waals surface area (Å²) in [7, 11) is 0. The number of aromatic carboxylic acids is 1. The third-order valence-corrected chi connectivity index (χ3v) is 2.19. The van der Waals surface area contributed by atoms with E-state index in [1.54, 1.807) is 0 Å². The minimum Gasteiger partial charge on any atom is -0.478 e. The summed E-state index contributed by atoms with van der Waals surface area (Å²) in [6, 6.07) is 3.97. The lowest BCUT2D eigenvalue weighted by atomic mass is 10.1. The number of carbonyl (C=O) groups excluding carboxylic acids is 2. The number of carboxylic acids is 1. The number of nitrogens with one attached hydrogen (secondary N) is 2. The Morgan fingerprint density at radius 1 is 1.31 bits per heavy atom. The second kappa shape index (κ2) is 3.65. The van der Waals surface area contributed by atoms with Gasteiger partial charge in [0.15, 0.2) is 0 Å². The second-order valence-corrected chi connectivity index (χ2v) is 3.30. The van der Waals surface area contributed by atoms with E-state index in [1.807, 2.05) is 0 Å². The first-order chi connectivity index (χ1) is 7.58. The second-order valence-electron chi connectivity index (χ2n) is 3.30. The Hall–Kier alpha value is -2.37. The number of hydrogen-bond acceptors (Lipinski definition) is 3. The Morgan fingerprint density at radius 3 is 2.75 bits per heavy atom. The monoisotopic (exact) mass is 220 g/mol. The SMILES string of the molecule is O=C1CNC(=O)c2cc(C(=O)O)ccc2N1. The number of fused-ring (bicyclic) bond motifs is 1. The zero-order valence-corrected chi connectivity index (χ0v) is 8.11. The van der Waals surface area contributed by atoms with Gasteiger partial charge in [-0.25, -0.2) is 4.79 Å². The average molecular weight is 220 g/mol. The molecule has 0 fully saturated rings. The van der Waals surface area contributed by atoms with Crippen molar-refractivity contribution in [2.24, 2.45) is 0 Å². The van der Waals surface area contributed by atoms with Gasteiger partial charge in [0.25, 0.3) is 5.91 Å². The van der Waals surface area contributed by atoms with Crippen molar-refractivity contribution in [3.05, 3.63) is 29.3 Å². The van der Waals surface area contributed by atoms with Crippen LogP contribution in [0.5, 0.6) is 0 Å². The van der Waals surface area contributed by atoms with Crippen LogP contribution in [0.3, 0.4) is 0 Å². The molecule has 0 spiro atoms. The maximum absolute atomic E-state index is 11.5. The van der Waals surface area contributed by atoms with Crippen LogP contribution >= 0.6 is 0 Å². The predicted molar refractivity (Wildman–Crippen MR) is 54.4 cm³/mol. The molecule has 0 saturated heterocycles. The molecule has 3 N–H and O–H groups in total. The van der Waals surface area contributed by atoms with Crippen LogP contribution in [0.25, 0.3) is 0 Å². The van der Waals surface area contributed by atoms with Gasteiger partial charge in [0.2, 0.25) is 5.91 Å². The molecule has 2 amide bonds. The summed E-state index contributed by atoms with van der Waals surface area (Å²) in [5.74, 6) is -1.92. The maximum atomic E-state index is 11.5. The van der Waals surface area contributed by atoms with Crippen molar-refractivity contribution in [1.82, 2.24) is 5.32 Å². The van der Waals surface area contributed by atoms with Crippen LogP contribution < -0.4 is 10.6 Å². The minimum absolute atomic E-state index is 0.00467. The first-order valence-electron chi connectivity index (χ1n) is 4.53. The molecule has 1 aromatic carbocycles. The standard InChI is InChI=1S/C10H8N2O4/c13-8-4-11-9(14)6-3-5(10(15)16)1-2-7(6)12-8/h1-3H,4H2,(H,11,14)(H,12,13)(H,15,16). The van der Waals surface area contributed by atoms with Crippen LogP contribution in [-0.4, -0.2) is 29.4 Å². The number of rotatable bonds is 1. The highest BCUT2D eigenvalue weighted by Crippen LogP contribution is 2.19. The highest BCUT2D eigenvalue weighted by atomic mass is 16.4. The van der Waals surface area contributed by atoms with Crippen LogP contribution in [-0.2, 0) is 4.79 Å². The molecule has 0 aromatic heterocycles. The quantitative estimate of drug-likeness (QED) is 0.623. The van der Waals surface area contributed by atoms with Gasteiger partial charge >= 0.3 is 5.97 Å². The highest BCUT2D eigenvalue weighted by Gasteiger charge is 2.20. The van der Waals surface area contributed by atoms with Gasteiger partial charge in [-0.15, -0.1) is 0 Å². The molecule has 16 heavy (non-hydrogen) atoms. The minimum atomic E-state index is -1.12. The van der Waals surface area contributed by atoms with Gasteiger partial charge in [-0.1, -0.05) is 0 Å². The van der Waals surface area contributed by atoms with Crippen molar-refractivity contribution in [2.45, 2.75) is 0 Å². The number of carbonyl (C=O) groups is 3. The molecule has 1 aliphatic rings. The summed E-state index contributed by atoms with van der Waals surface area (Å²) >= 11 is 0. The number of carboxylic acid groups (broad SMARTS) is 1. The third-order valence-electron chi connectivity index (χ3n) is 2.19. The Bertz CT molecular complexity index is 496. The predicted octanol–water partition coefficient (Wildman–Crippen LogP) is 0.0667. The topological polar surface area (TPSA) is 95.5 Å². The van der Waals surface area contributed by atoms with Crippen LogP contribution in [0.2, 0.25) is 0 Å². The highest BCUT2D eigenvalue weighted by molar-refractivity contribution is 6.09. The molecule has 6 nitrogen and oxygen atoms in total. The van der Waals surface area contributed by atoms with Gasteiger partial charge in [0.05, 0.1) is 23.4 Å². The van der Waals surface area contributed by atoms with Crippen molar-refractivity contribution in [1.29, 1.82) is 0 Å². The van der Waals surface area contributed by atoms with Crippen LogP contribution in [0.1, 0.15) is 20.7 Å². The summed E-state index contributed by atoms with van der Waals surface area (Å²) < 4.78 is 0. The van der Waals surface area contributed by atoms with E-state index < -0.39 is 11.9 Å². The molecule has 0 radical (unpaired) electrons. The fourth-order valence-electron chi connectivity index (χ4n) is 1.42. The zero-order chi connectivity index (χ0) is 11.7. The van der Waals surface area contributed by atoms with Crippen molar-refractivity contribution < 1.29 is 19.5 Å². The van der Waals surface area contributed by atoms with E-state index in [-0.39, 0.29) is 23.6 Å². The normalized spacial score (nSPS) is 14.5. The summed E-state index contributed by atoms with van der Waals surface area (Å²) in [5.41, 5.74) is 0.487. The molecule has 1 heterocycles. The average Bonchev–Trinajstić information content (AvgIpc) is 2.38. The first kappa shape index (κ1) is 10.2. The number of hydrogen-bond donors (Lipinski definition) is 3. The van der Waals surface area contributed by atoms with Gasteiger partial charge in [-0.05, 0) is 18.2 Å². The van der Waals surface area contributed by atoms with E-state index in [4.69, 9.17) is 5.11 Å². The third kappa shape index (κ3) is 1.72. The van der Waals surface area contributed by atoms with E-state index >= 15 is 0 Å². The van der Waals surface area contributed by atoms with Crippen molar-refractivity contribution in [2.75, 3.05) is 11.9 Å². The smallest absolute Gasteiger partial charge is 0.335 e. The summed E-state index contributed by atoms with van der Waals surface area (Å²) in [5, 5.41) is 13.7. The van der Waals surface area contributed by atoms with E-state index in [2.05, 4.69) is 10.6 Å². The Balaban J connectivity index is 2.52. The lowest BCUT2D eigenvalue weighted by Gasteiger charge is -2.05. The molecule has 0 atom stereocenters. The maximum Gasteiger partial charge on any atom is 0.335 e. The Labute approximate surface area is 90.3 Å². The molecule has 6 heteroatoms. The Morgan fingerprint density at radius 2 is 2.06 bits per heavy atom. The molecule has 0 aliphatic carbocycles. The molecular formula is C10H8N2O4. The molecule has 1 aromatic rings. The molecule has 0 saturated carbocycles. The lowest BCUT2D eigenvalue weighted by molar-refractivity contribution is -0.115. The van der Waals surface area contributed by atoms with Gasteiger partial charge < -0.3 is 15.7 Å². The van der Waals surface area contributed by atoms with E-state index in [9.17, 15) is 14.4 Å². The van der Waals surface area contributed by atoms with Crippen LogP contribution in [0, 0.1) is 0 Å². The fourth-order valence-corrected chi connectivity index (χ4v) is 1.42. The van der Waals surface area contributed by atoms with Gasteiger partial charge in [-0.2, -0.15) is 0 Å². The van der Waals surface area contributed by atoms with Crippen molar-refractivity contribution in [3.8, 4) is 0 Å². The summed E-state index contributed by atoms with van der Waals surface area (Å²) in [4.78, 5) is 33.4. The van der Waals surface area contributed by atoms with E-state index in [0.29, 0.717) is 5.69 Å². The molecular weight excluding hydrogens is 212 g/mol. The lowest BCUT2D eigenvalue weighted by Crippen LogP contribution is -2.28. The first-order valence-corrected chi connectivity index (χ1v) is 4.53. The zero-order valence-electron chi connectivity index (χ0n) is 8.11. The van der Waals surface area contributed by atoms with Gasteiger partial charge in [0, 0.05) is 0 Å². The number of benzene rings is 1. The van der Waals surface area contributed by atoms with Crippen molar-refractivity contribution >= 4 is 23.5 Å². The van der Waals surface area contributed by atoms with Gasteiger partial charge in [0.1, 0.15) is 0 Å². The molecule has 2 rings (SSSR count). The van der Waals surface area contributed by atoms with Crippen LogP contribution in [0.15, 0.2) is 18.2 Å². The summed E-state index contributed by atoms with van der Waals surface area (Å²) in [6.45, 7) is -0.115. The largest absolute Gasteiger partial charge is 0.478 e. The molecule has 0 unspecified atom stereocenters. The Kier molecular flexibility index (Phi) is 2.32. The molecule has 82 valence electrons. The van der Waals surface area contributed by atoms with E-state index in [0.717, 1.165) is 0 Å².